The van der Waals surface area contributed by atoms with Crippen LogP contribution in [0.5, 0.6) is 0 Å². The maximum Gasteiger partial charge on any atom is 0.0546 e. The SMILES string of the molecule is CC(C)CCC[C@@H](C)[C@H]1CC[C@H]2[C@@H]3C4=C(S4)C4C[C@@H](O)CC[C@]4(C)[C@H]3CC[C@]12C. The lowest BCUT2D eigenvalue weighted by Crippen LogP contribution is -2.52. The smallest absolute Gasteiger partial charge is 0.0546 e. The predicted octanol–water partition coefficient (Wildman–Crippen LogP) is 7.65. The summed E-state index contributed by atoms with van der Waals surface area (Å²) >= 11 is 2.17. The highest BCUT2D eigenvalue weighted by molar-refractivity contribution is 8.13. The van der Waals surface area contributed by atoms with Gasteiger partial charge < -0.3 is 5.11 Å². The molecule has 164 valence electrons. The number of allylic oxidation sites excluding steroid dienone is 2. The average Bonchev–Trinajstić information content (AvgIpc) is 3.37. The second kappa shape index (κ2) is 7.29. The Morgan fingerprint density at radius 3 is 2.41 bits per heavy atom. The quantitative estimate of drug-likeness (QED) is 0.496. The van der Waals surface area contributed by atoms with Gasteiger partial charge in [-0.05, 0) is 97.2 Å². The van der Waals surface area contributed by atoms with Crippen LogP contribution in [0.3, 0.4) is 0 Å². The minimum Gasteiger partial charge on any atom is -0.393 e. The van der Waals surface area contributed by atoms with E-state index in [0.717, 1.165) is 48.3 Å². The van der Waals surface area contributed by atoms with Crippen LogP contribution in [-0.4, -0.2) is 11.2 Å². The lowest BCUT2D eigenvalue weighted by atomic mass is 9.46. The molecule has 0 radical (unpaired) electrons. The molecular weight excluding hydrogens is 372 g/mol. The fraction of sp³-hybridized carbons (Fsp3) is 0.926. The van der Waals surface area contributed by atoms with E-state index in [-0.39, 0.29) is 6.10 Å². The Hall–Kier alpha value is 0.0500. The second-order valence-electron chi connectivity index (χ2n) is 12.6. The molecule has 3 saturated carbocycles. The van der Waals surface area contributed by atoms with Gasteiger partial charge in [0.05, 0.1) is 6.10 Å². The van der Waals surface area contributed by atoms with Crippen LogP contribution in [0.4, 0.5) is 0 Å². The molecule has 0 amide bonds. The third-order valence-electron chi connectivity index (χ3n) is 10.7. The standard InChI is InChI=1S/C27H44OS/c1-16(2)7-6-8-17(3)19-9-10-20-23-21(12-14-26(19,20)4)27(5)13-11-18(28)15-22(27)24-25(23)29-24/h16-23,28H,6-15H2,1-5H3/t17-,18+,19-,20+,21+,22?,23+,26-,27-/m1/s1. The minimum atomic E-state index is -0.0454. The van der Waals surface area contributed by atoms with Crippen LogP contribution < -0.4 is 0 Å². The molecule has 29 heavy (non-hydrogen) atoms. The van der Waals surface area contributed by atoms with Gasteiger partial charge in [-0.25, -0.2) is 0 Å². The van der Waals surface area contributed by atoms with E-state index < -0.39 is 0 Å². The van der Waals surface area contributed by atoms with Crippen molar-refractivity contribution >= 4 is 11.8 Å². The minimum absolute atomic E-state index is 0.0454. The molecule has 4 aliphatic carbocycles. The molecule has 0 bridgehead atoms. The number of rotatable bonds is 5. The van der Waals surface area contributed by atoms with E-state index in [9.17, 15) is 5.11 Å². The van der Waals surface area contributed by atoms with E-state index in [0.29, 0.717) is 16.7 Å². The van der Waals surface area contributed by atoms with Crippen molar-refractivity contribution in [2.75, 3.05) is 0 Å². The van der Waals surface area contributed by atoms with Gasteiger partial charge >= 0.3 is 0 Å². The first kappa shape index (κ1) is 20.9. The zero-order valence-corrected chi connectivity index (χ0v) is 20.4. The molecule has 9 atom stereocenters. The summed E-state index contributed by atoms with van der Waals surface area (Å²) in [5.74, 6) is 6.09. The van der Waals surface area contributed by atoms with E-state index in [4.69, 9.17) is 0 Å². The van der Waals surface area contributed by atoms with Crippen LogP contribution in [0.2, 0.25) is 0 Å². The van der Waals surface area contributed by atoms with E-state index in [1.165, 1.54) is 51.4 Å². The van der Waals surface area contributed by atoms with E-state index in [2.05, 4.69) is 46.4 Å². The first-order valence-electron chi connectivity index (χ1n) is 12.9. The summed E-state index contributed by atoms with van der Waals surface area (Å²) in [5, 5.41) is 10.4. The van der Waals surface area contributed by atoms with Crippen molar-refractivity contribution < 1.29 is 5.11 Å². The molecule has 1 unspecified atom stereocenters. The van der Waals surface area contributed by atoms with Gasteiger partial charge in [-0.3, -0.25) is 0 Å². The molecule has 3 fully saturated rings. The summed E-state index contributed by atoms with van der Waals surface area (Å²) in [7, 11) is 0. The number of hydrogen-bond acceptors (Lipinski definition) is 2. The van der Waals surface area contributed by atoms with Crippen molar-refractivity contribution in [1.82, 2.24) is 0 Å². The molecule has 1 aliphatic heterocycles. The van der Waals surface area contributed by atoms with Crippen LogP contribution in [0, 0.1) is 52.3 Å². The first-order valence-corrected chi connectivity index (χ1v) is 13.7. The Bertz CT molecular complexity index is 682. The third-order valence-corrected chi connectivity index (χ3v) is 11.9. The largest absolute Gasteiger partial charge is 0.393 e. The number of aliphatic hydroxyl groups is 1. The molecule has 0 aromatic carbocycles. The van der Waals surface area contributed by atoms with Crippen molar-refractivity contribution in [3.8, 4) is 0 Å². The summed E-state index contributed by atoms with van der Waals surface area (Å²) in [6.07, 6.45) is 13.5. The van der Waals surface area contributed by atoms with Crippen LogP contribution in [0.1, 0.15) is 98.8 Å². The number of hydrogen-bond donors (Lipinski definition) is 1. The van der Waals surface area contributed by atoms with Crippen molar-refractivity contribution in [2.45, 2.75) is 105 Å². The van der Waals surface area contributed by atoms with Crippen LogP contribution in [0.15, 0.2) is 9.81 Å². The van der Waals surface area contributed by atoms with Gasteiger partial charge in [-0.1, -0.05) is 65.6 Å². The molecule has 1 heterocycles. The molecule has 1 nitrogen and oxygen atoms in total. The lowest BCUT2D eigenvalue weighted by Gasteiger charge is -2.58. The van der Waals surface area contributed by atoms with Crippen molar-refractivity contribution in [2.24, 2.45) is 52.3 Å². The summed E-state index contributed by atoms with van der Waals surface area (Å²) in [6.45, 7) is 12.7. The van der Waals surface area contributed by atoms with Gasteiger partial charge in [0, 0.05) is 9.81 Å². The van der Waals surface area contributed by atoms with Gasteiger partial charge in [-0.2, -0.15) is 0 Å². The average molecular weight is 417 g/mol. The molecule has 0 aromatic rings. The normalized spacial score (nSPS) is 49.3. The summed E-state index contributed by atoms with van der Waals surface area (Å²) < 4.78 is 0. The summed E-state index contributed by atoms with van der Waals surface area (Å²) in [4.78, 5) is 3.56. The molecule has 0 aromatic heterocycles. The van der Waals surface area contributed by atoms with Crippen molar-refractivity contribution in [1.29, 1.82) is 0 Å². The Morgan fingerprint density at radius 2 is 1.66 bits per heavy atom. The molecule has 2 heteroatoms. The Balaban J connectivity index is 1.37. The maximum absolute atomic E-state index is 10.4. The molecule has 0 spiro atoms. The molecular formula is C27H44OS. The molecule has 5 aliphatic rings. The van der Waals surface area contributed by atoms with Crippen LogP contribution in [-0.2, 0) is 0 Å². The summed E-state index contributed by atoms with van der Waals surface area (Å²) in [6, 6.07) is 0. The highest BCUT2D eigenvalue weighted by atomic mass is 32.2. The molecule has 0 saturated heterocycles. The Labute approximate surface area is 183 Å². The zero-order chi connectivity index (χ0) is 20.6. The predicted molar refractivity (Wildman–Crippen MR) is 124 cm³/mol. The molecule has 5 rings (SSSR count). The first-order chi connectivity index (χ1) is 13.8. The number of fused-ring (bicyclic) bond motifs is 7. The highest BCUT2D eigenvalue weighted by Crippen LogP contribution is 2.76. The fourth-order valence-electron chi connectivity index (χ4n) is 9.00. The maximum atomic E-state index is 10.4. The van der Waals surface area contributed by atoms with Gasteiger partial charge in [-0.15, -0.1) is 0 Å². The second-order valence-corrected chi connectivity index (χ2v) is 13.7. The number of thioether (sulfide) groups is 1. The zero-order valence-electron chi connectivity index (χ0n) is 19.5. The highest BCUT2D eigenvalue weighted by Gasteiger charge is 2.65. The van der Waals surface area contributed by atoms with E-state index >= 15 is 0 Å². The van der Waals surface area contributed by atoms with Gasteiger partial charge in [0.25, 0.3) is 0 Å². The van der Waals surface area contributed by atoms with Gasteiger partial charge in [0.1, 0.15) is 0 Å². The van der Waals surface area contributed by atoms with Crippen LogP contribution in [0.25, 0.3) is 0 Å². The topological polar surface area (TPSA) is 20.2 Å². The van der Waals surface area contributed by atoms with Crippen molar-refractivity contribution in [3.05, 3.63) is 9.81 Å². The molecule has 1 N–H and O–H groups in total. The van der Waals surface area contributed by atoms with Crippen LogP contribution >= 0.6 is 11.8 Å². The Morgan fingerprint density at radius 1 is 0.931 bits per heavy atom. The Kier molecular flexibility index (Phi) is 5.26. The third kappa shape index (κ3) is 3.21. The van der Waals surface area contributed by atoms with Crippen molar-refractivity contribution in [3.63, 3.8) is 0 Å². The van der Waals surface area contributed by atoms with E-state index in [1.807, 2.05) is 4.91 Å². The van der Waals surface area contributed by atoms with E-state index in [1.54, 1.807) is 4.91 Å². The summed E-state index contributed by atoms with van der Waals surface area (Å²) in [5.41, 5.74) is 1.05. The van der Waals surface area contributed by atoms with Gasteiger partial charge in [0.15, 0.2) is 0 Å². The fourth-order valence-corrected chi connectivity index (χ4v) is 10.4. The lowest BCUT2D eigenvalue weighted by molar-refractivity contribution is -0.0813. The monoisotopic (exact) mass is 416 g/mol. The van der Waals surface area contributed by atoms with Gasteiger partial charge in [0.2, 0.25) is 0 Å². The number of aliphatic hydroxyl groups excluding tert-OH is 1.